The van der Waals surface area contributed by atoms with Crippen molar-refractivity contribution < 1.29 is 9.13 Å². The van der Waals surface area contributed by atoms with E-state index >= 15 is 4.39 Å². The monoisotopic (exact) mass is 431 g/mol. The topological polar surface area (TPSA) is 65.7 Å². The van der Waals surface area contributed by atoms with Gasteiger partial charge in [-0.05, 0) is 51.3 Å². The Morgan fingerprint density at radius 3 is 2.59 bits per heavy atom. The van der Waals surface area contributed by atoms with Crippen LogP contribution in [0.15, 0.2) is 36.7 Å². The average molecular weight is 432 g/mol. The number of hydrogen-bond acceptors (Lipinski definition) is 5. The number of hydrogen-bond donors (Lipinski definition) is 0. The highest BCUT2D eigenvalue weighted by molar-refractivity contribution is 5.90. The maximum atomic E-state index is 15.0. The van der Waals surface area contributed by atoms with Crippen molar-refractivity contribution >= 4 is 11.2 Å². The second kappa shape index (κ2) is 8.06. The summed E-state index contributed by atoms with van der Waals surface area (Å²) in [4.78, 5) is 14.3. The van der Waals surface area contributed by atoms with E-state index in [9.17, 15) is 0 Å². The molecular formula is C25H26FN5O. The Balaban J connectivity index is 1.62. The number of aryl methyl sites for hydroxylation is 4. The van der Waals surface area contributed by atoms with Crippen LogP contribution in [0.5, 0.6) is 0 Å². The van der Waals surface area contributed by atoms with Crippen LogP contribution in [-0.4, -0.2) is 31.3 Å². The molecule has 1 fully saturated rings. The molecule has 0 aliphatic carbocycles. The summed E-state index contributed by atoms with van der Waals surface area (Å²) in [6.07, 6.45) is 5.45. The van der Waals surface area contributed by atoms with Crippen LogP contribution in [-0.2, 0) is 11.8 Å². The zero-order valence-corrected chi connectivity index (χ0v) is 18.8. The average Bonchev–Trinajstić information content (AvgIpc) is 3.21. The Hall–Kier alpha value is -3.19. The van der Waals surface area contributed by atoms with Gasteiger partial charge >= 0.3 is 0 Å². The molecule has 5 rings (SSSR count). The minimum Gasteiger partial charge on any atom is -0.373 e. The van der Waals surface area contributed by atoms with Gasteiger partial charge in [0.1, 0.15) is 11.3 Å². The lowest BCUT2D eigenvalue weighted by Gasteiger charge is -2.29. The predicted octanol–water partition coefficient (Wildman–Crippen LogP) is 5.12. The van der Waals surface area contributed by atoms with Crippen LogP contribution in [0, 0.1) is 26.6 Å². The molecule has 32 heavy (non-hydrogen) atoms. The van der Waals surface area contributed by atoms with Crippen molar-refractivity contribution in [2.45, 2.75) is 45.6 Å². The van der Waals surface area contributed by atoms with E-state index in [1.807, 2.05) is 58.4 Å². The summed E-state index contributed by atoms with van der Waals surface area (Å²) >= 11 is 0. The molecule has 0 spiro atoms. The fraction of sp³-hybridized carbons (Fsp3) is 0.360. The zero-order valence-electron chi connectivity index (χ0n) is 18.8. The Morgan fingerprint density at radius 2 is 1.84 bits per heavy atom. The summed E-state index contributed by atoms with van der Waals surface area (Å²) in [6, 6.07) is 7.30. The van der Waals surface area contributed by atoms with E-state index in [-0.39, 0.29) is 17.8 Å². The molecule has 1 aliphatic heterocycles. The fourth-order valence-corrected chi connectivity index (χ4v) is 4.38. The second-order valence-corrected chi connectivity index (χ2v) is 8.67. The molecule has 164 valence electrons. The van der Waals surface area contributed by atoms with E-state index in [4.69, 9.17) is 19.7 Å². The highest BCUT2D eigenvalue weighted by Crippen LogP contribution is 2.39. The first-order valence-corrected chi connectivity index (χ1v) is 10.9. The third-order valence-electron chi connectivity index (χ3n) is 6.28. The Bertz CT molecular complexity index is 1320. The fourth-order valence-electron chi connectivity index (χ4n) is 4.38. The number of fused-ring (bicyclic) bond motifs is 1. The lowest BCUT2D eigenvalue weighted by atomic mass is 9.88. The van der Waals surface area contributed by atoms with Crippen molar-refractivity contribution in [1.82, 2.24) is 24.7 Å². The molecule has 4 aromatic rings. The largest absolute Gasteiger partial charge is 0.373 e. The van der Waals surface area contributed by atoms with Gasteiger partial charge in [0.05, 0.1) is 23.7 Å². The highest BCUT2D eigenvalue weighted by Gasteiger charge is 2.28. The first-order chi connectivity index (χ1) is 15.4. The molecule has 7 heteroatoms. The number of rotatable bonds is 3. The van der Waals surface area contributed by atoms with E-state index in [0.29, 0.717) is 23.3 Å². The lowest BCUT2D eigenvalue weighted by Crippen LogP contribution is -2.19. The van der Waals surface area contributed by atoms with Crippen molar-refractivity contribution in [2.75, 3.05) is 6.61 Å². The van der Waals surface area contributed by atoms with Gasteiger partial charge in [-0.2, -0.15) is 5.10 Å². The maximum absolute atomic E-state index is 15.0. The van der Waals surface area contributed by atoms with Crippen LogP contribution in [0.3, 0.4) is 0 Å². The van der Waals surface area contributed by atoms with E-state index in [2.05, 4.69) is 5.10 Å². The van der Waals surface area contributed by atoms with E-state index in [1.165, 1.54) is 0 Å². The van der Waals surface area contributed by atoms with Gasteiger partial charge in [0, 0.05) is 48.2 Å². The van der Waals surface area contributed by atoms with Gasteiger partial charge in [0.2, 0.25) is 0 Å². The number of halogens is 1. The van der Waals surface area contributed by atoms with Gasteiger partial charge < -0.3 is 4.74 Å². The number of ether oxygens (including phenoxy) is 1. The van der Waals surface area contributed by atoms with Gasteiger partial charge in [0.25, 0.3) is 0 Å². The molecule has 0 amide bonds. The first kappa shape index (κ1) is 20.7. The van der Waals surface area contributed by atoms with Gasteiger partial charge in [-0.3, -0.25) is 4.68 Å². The smallest absolute Gasteiger partial charge is 0.179 e. The van der Waals surface area contributed by atoms with E-state index in [1.54, 1.807) is 10.7 Å². The van der Waals surface area contributed by atoms with Crippen LogP contribution in [0.4, 0.5) is 4.39 Å². The molecular weight excluding hydrogens is 405 g/mol. The number of pyridine rings is 1. The van der Waals surface area contributed by atoms with Crippen LogP contribution >= 0.6 is 0 Å². The van der Waals surface area contributed by atoms with Crippen molar-refractivity contribution in [3.63, 3.8) is 0 Å². The second-order valence-electron chi connectivity index (χ2n) is 8.67. The third kappa shape index (κ3) is 3.77. The van der Waals surface area contributed by atoms with Crippen molar-refractivity contribution in [1.29, 1.82) is 0 Å². The standard InChI is InChI=1S/C25H26FN5O/c1-14-5-6-19(21(26)9-14)20-11-22(30-25-24(20)28-15(2)16(3)29-25)17-7-8-32-23(10-17)18-12-27-31(4)13-18/h5-6,9,11-13,17,23H,7-8,10H2,1-4H3. The highest BCUT2D eigenvalue weighted by atomic mass is 19.1. The van der Waals surface area contributed by atoms with E-state index < -0.39 is 0 Å². The molecule has 0 radical (unpaired) electrons. The predicted molar refractivity (Wildman–Crippen MR) is 121 cm³/mol. The lowest BCUT2D eigenvalue weighted by molar-refractivity contribution is 0.00465. The summed E-state index contributed by atoms with van der Waals surface area (Å²) in [5.74, 6) is -0.0854. The number of aromatic nitrogens is 5. The quantitative estimate of drug-likeness (QED) is 0.450. The maximum Gasteiger partial charge on any atom is 0.179 e. The molecule has 0 bridgehead atoms. The molecule has 1 aliphatic rings. The van der Waals surface area contributed by atoms with E-state index in [0.717, 1.165) is 46.6 Å². The Morgan fingerprint density at radius 1 is 1.03 bits per heavy atom. The summed E-state index contributed by atoms with van der Waals surface area (Å²) in [6.45, 7) is 6.37. The molecule has 2 unspecified atom stereocenters. The van der Waals surface area contributed by atoms with Crippen LogP contribution < -0.4 is 0 Å². The first-order valence-electron chi connectivity index (χ1n) is 10.9. The third-order valence-corrected chi connectivity index (χ3v) is 6.28. The van der Waals surface area contributed by atoms with Gasteiger partial charge in [-0.1, -0.05) is 12.1 Å². The summed E-state index contributed by atoms with van der Waals surface area (Å²) < 4.78 is 22.8. The zero-order chi connectivity index (χ0) is 22.4. The molecule has 0 saturated carbocycles. The van der Waals surface area contributed by atoms with Gasteiger partial charge in [-0.15, -0.1) is 0 Å². The molecule has 4 heterocycles. The summed E-state index contributed by atoms with van der Waals surface area (Å²) in [7, 11) is 1.90. The SMILES string of the molecule is Cc1ccc(-c2cc(C3CCOC(c4cnn(C)c4)C3)nc3nc(C)c(C)nc23)c(F)c1. The van der Waals surface area contributed by atoms with Crippen molar-refractivity contribution in [3.8, 4) is 11.1 Å². The molecule has 2 atom stereocenters. The van der Waals surface area contributed by atoms with Gasteiger partial charge in [-0.25, -0.2) is 19.3 Å². The number of benzene rings is 1. The molecule has 1 aromatic carbocycles. The van der Waals surface area contributed by atoms with Gasteiger partial charge in [0.15, 0.2) is 5.65 Å². The minimum atomic E-state index is -0.260. The summed E-state index contributed by atoms with van der Waals surface area (Å²) in [5, 5.41) is 4.28. The van der Waals surface area contributed by atoms with Crippen LogP contribution in [0.25, 0.3) is 22.3 Å². The van der Waals surface area contributed by atoms with Crippen molar-refractivity contribution in [2.24, 2.45) is 7.05 Å². The molecule has 1 saturated heterocycles. The van der Waals surface area contributed by atoms with Crippen LogP contribution in [0.2, 0.25) is 0 Å². The Kier molecular flexibility index (Phi) is 5.21. The minimum absolute atomic E-state index is 0.0367. The molecule has 3 aromatic heterocycles. The molecule has 6 nitrogen and oxygen atoms in total. The van der Waals surface area contributed by atoms with Crippen molar-refractivity contribution in [3.05, 3.63) is 70.7 Å². The number of nitrogens with zero attached hydrogens (tertiary/aromatic N) is 5. The normalized spacial score (nSPS) is 18.9. The molecule has 0 N–H and O–H groups in total. The summed E-state index contributed by atoms with van der Waals surface area (Å²) in [5.41, 5.74) is 6.96. The Labute approximate surface area is 186 Å². The van der Waals surface area contributed by atoms with Crippen LogP contribution in [0.1, 0.15) is 53.1 Å².